The molecule has 0 unspecified atom stereocenters. The van der Waals surface area contributed by atoms with Gasteiger partial charge in [0.25, 0.3) is 0 Å². The Morgan fingerprint density at radius 1 is 1.13 bits per heavy atom. The van der Waals surface area contributed by atoms with Gasteiger partial charge < -0.3 is 14.2 Å². The number of carbonyl (C=O) groups excluding carboxylic acids is 1. The normalized spacial score (nSPS) is 9.78. The number of methoxy groups -OCH3 is 2. The monoisotopic (exact) mass is 312 g/mol. The molecule has 6 nitrogen and oxygen atoms in total. The summed E-state index contributed by atoms with van der Waals surface area (Å²) in [5.41, 5.74) is 1.14. The van der Waals surface area contributed by atoms with Crippen LogP contribution in [0.15, 0.2) is 36.7 Å². The first-order valence-corrected chi connectivity index (χ1v) is 6.87. The highest BCUT2D eigenvalue weighted by Crippen LogP contribution is 2.29. The molecule has 0 aliphatic rings. The van der Waals surface area contributed by atoms with Crippen LogP contribution < -0.4 is 14.2 Å². The number of nitrogens with zero attached hydrogens (tertiary/aromatic N) is 2. The highest BCUT2D eigenvalue weighted by molar-refractivity contribution is 6.02. The Balaban J connectivity index is 2.21. The van der Waals surface area contributed by atoms with Crippen LogP contribution in [0.2, 0.25) is 0 Å². The standard InChI is InChI=1S/C17H16N2O4/c1-21-13-5-3-12(4-6-13)11-23-16-10-19-9-15(22-2)17(16)14(20)7-8-18/h3-6,9-10H,7,11H2,1-2H3. The van der Waals surface area contributed by atoms with Gasteiger partial charge in [-0.25, -0.2) is 0 Å². The maximum absolute atomic E-state index is 12.1. The first-order chi connectivity index (χ1) is 11.2. The van der Waals surface area contributed by atoms with Gasteiger partial charge in [0, 0.05) is 0 Å². The fraction of sp³-hybridized carbons (Fsp3) is 0.235. The van der Waals surface area contributed by atoms with E-state index in [-0.39, 0.29) is 30.1 Å². The lowest BCUT2D eigenvalue weighted by Crippen LogP contribution is -2.07. The fourth-order valence-electron chi connectivity index (χ4n) is 2.01. The van der Waals surface area contributed by atoms with Crippen LogP contribution in [0.3, 0.4) is 0 Å². The quantitative estimate of drug-likeness (QED) is 0.731. The van der Waals surface area contributed by atoms with Crippen molar-refractivity contribution in [1.82, 2.24) is 4.98 Å². The Hall–Kier alpha value is -3.07. The van der Waals surface area contributed by atoms with E-state index >= 15 is 0 Å². The van der Waals surface area contributed by atoms with E-state index in [2.05, 4.69) is 4.98 Å². The summed E-state index contributed by atoms with van der Waals surface area (Å²) in [6.45, 7) is 0.256. The van der Waals surface area contributed by atoms with Crippen LogP contribution in [0.5, 0.6) is 17.2 Å². The van der Waals surface area contributed by atoms with Gasteiger partial charge in [0.2, 0.25) is 0 Å². The summed E-state index contributed by atoms with van der Waals surface area (Å²) in [5, 5.41) is 8.73. The summed E-state index contributed by atoms with van der Waals surface area (Å²) in [6.07, 6.45) is 2.61. The molecule has 0 bridgehead atoms. The highest BCUT2D eigenvalue weighted by atomic mass is 16.5. The Bertz CT molecular complexity index is 720. The van der Waals surface area contributed by atoms with Gasteiger partial charge in [-0.2, -0.15) is 5.26 Å². The molecule has 2 rings (SSSR count). The van der Waals surface area contributed by atoms with Crippen molar-refractivity contribution in [2.24, 2.45) is 0 Å². The zero-order valence-corrected chi connectivity index (χ0v) is 12.9. The van der Waals surface area contributed by atoms with Crippen molar-refractivity contribution in [3.63, 3.8) is 0 Å². The van der Waals surface area contributed by atoms with Gasteiger partial charge in [0.1, 0.15) is 17.9 Å². The number of ketones is 1. The van der Waals surface area contributed by atoms with Crippen molar-refractivity contribution < 1.29 is 19.0 Å². The van der Waals surface area contributed by atoms with Gasteiger partial charge in [-0.3, -0.25) is 9.78 Å². The van der Waals surface area contributed by atoms with Crippen LogP contribution in [0, 0.1) is 11.3 Å². The molecule has 6 heteroatoms. The van der Waals surface area contributed by atoms with E-state index in [9.17, 15) is 4.79 Å². The second-order valence-corrected chi connectivity index (χ2v) is 4.61. The first kappa shape index (κ1) is 16.3. The lowest BCUT2D eigenvalue weighted by Gasteiger charge is -2.13. The summed E-state index contributed by atoms with van der Waals surface area (Å²) >= 11 is 0. The number of pyridine rings is 1. The minimum atomic E-state index is -0.364. The summed E-state index contributed by atoms with van der Waals surface area (Å²) in [6, 6.07) is 9.21. The first-order valence-electron chi connectivity index (χ1n) is 6.87. The summed E-state index contributed by atoms with van der Waals surface area (Å²) < 4.78 is 15.9. The van der Waals surface area contributed by atoms with Gasteiger partial charge in [-0.1, -0.05) is 12.1 Å². The molecule has 0 amide bonds. The van der Waals surface area contributed by atoms with Crippen molar-refractivity contribution in [1.29, 1.82) is 5.26 Å². The zero-order chi connectivity index (χ0) is 16.7. The Morgan fingerprint density at radius 2 is 1.83 bits per heavy atom. The van der Waals surface area contributed by atoms with Crippen LogP contribution in [0.4, 0.5) is 0 Å². The number of Topliss-reactive ketones (excluding diaryl/α,β-unsaturated/α-hetero) is 1. The second kappa shape index (κ2) is 7.80. The van der Waals surface area contributed by atoms with Crippen molar-refractivity contribution in [3.05, 3.63) is 47.8 Å². The van der Waals surface area contributed by atoms with Crippen molar-refractivity contribution in [2.45, 2.75) is 13.0 Å². The molecule has 0 aliphatic heterocycles. The average Bonchev–Trinajstić information content (AvgIpc) is 2.60. The number of rotatable bonds is 7. The molecule has 0 radical (unpaired) electrons. The number of hydrogen-bond donors (Lipinski definition) is 0. The number of hydrogen-bond acceptors (Lipinski definition) is 6. The summed E-state index contributed by atoms with van der Waals surface area (Å²) in [7, 11) is 3.04. The van der Waals surface area contributed by atoms with E-state index in [1.807, 2.05) is 30.3 Å². The maximum Gasteiger partial charge on any atom is 0.184 e. The number of nitriles is 1. The van der Waals surface area contributed by atoms with E-state index < -0.39 is 0 Å². The van der Waals surface area contributed by atoms with Crippen LogP contribution >= 0.6 is 0 Å². The largest absolute Gasteiger partial charge is 0.497 e. The predicted molar refractivity (Wildman–Crippen MR) is 82.7 cm³/mol. The number of aromatic nitrogens is 1. The van der Waals surface area contributed by atoms with Gasteiger partial charge in [-0.15, -0.1) is 0 Å². The molecule has 0 aliphatic carbocycles. The van der Waals surface area contributed by atoms with E-state index in [1.54, 1.807) is 7.11 Å². The summed E-state index contributed by atoms with van der Waals surface area (Å²) in [5.74, 6) is 0.969. The average molecular weight is 312 g/mol. The SMILES string of the molecule is COc1ccc(COc2cncc(OC)c2C(=O)CC#N)cc1. The molecule has 1 heterocycles. The van der Waals surface area contributed by atoms with Crippen molar-refractivity contribution in [3.8, 4) is 23.3 Å². The predicted octanol–water partition coefficient (Wildman–Crippen LogP) is 2.77. The van der Waals surface area contributed by atoms with Gasteiger partial charge in [-0.05, 0) is 17.7 Å². The minimum absolute atomic E-state index is 0.234. The third-order valence-electron chi connectivity index (χ3n) is 3.17. The molecule has 0 atom stereocenters. The van der Waals surface area contributed by atoms with E-state index in [0.29, 0.717) is 5.75 Å². The van der Waals surface area contributed by atoms with Crippen molar-refractivity contribution >= 4 is 5.78 Å². The molecule has 2 aromatic rings. The molecular weight excluding hydrogens is 296 g/mol. The van der Waals surface area contributed by atoms with Crippen LogP contribution in [-0.2, 0) is 6.61 Å². The number of carbonyl (C=O) groups is 1. The smallest absolute Gasteiger partial charge is 0.184 e. The van der Waals surface area contributed by atoms with Gasteiger partial charge in [0.05, 0.1) is 39.1 Å². The van der Waals surface area contributed by atoms with Crippen LogP contribution in [0.1, 0.15) is 22.3 Å². The van der Waals surface area contributed by atoms with Gasteiger partial charge >= 0.3 is 0 Å². The lowest BCUT2D eigenvalue weighted by atomic mass is 10.1. The topological polar surface area (TPSA) is 81.4 Å². The maximum atomic E-state index is 12.1. The Morgan fingerprint density at radius 3 is 2.43 bits per heavy atom. The molecule has 118 valence electrons. The highest BCUT2D eigenvalue weighted by Gasteiger charge is 2.19. The van der Waals surface area contributed by atoms with Gasteiger partial charge in [0.15, 0.2) is 17.3 Å². The van der Waals surface area contributed by atoms with E-state index in [1.165, 1.54) is 19.5 Å². The third kappa shape index (κ3) is 3.98. The van der Waals surface area contributed by atoms with E-state index in [4.69, 9.17) is 19.5 Å². The third-order valence-corrected chi connectivity index (χ3v) is 3.17. The van der Waals surface area contributed by atoms with Crippen LogP contribution in [0.25, 0.3) is 0 Å². The number of ether oxygens (including phenoxy) is 3. The Labute approximate surface area is 134 Å². The summed E-state index contributed by atoms with van der Waals surface area (Å²) in [4.78, 5) is 16.1. The molecule has 0 spiro atoms. The minimum Gasteiger partial charge on any atom is -0.497 e. The molecule has 1 aromatic carbocycles. The van der Waals surface area contributed by atoms with Crippen LogP contribution in [-0.4, -0.2) is 25.0 Å². The molecule has 1 aromatic heterocycles. The van der Waals surface area contributed by atoms with Crippen molar-refractivity contribution in [2.75, 3.05) is 14.2 Å². The second-order valence-electron chi connectivity index (χ2n) is 4.61. The number of benzene rings is 1. The molecule has 0 fully saturated rings. The fourth-order valence-corrected chi connectivity index (χ4v) is 2.01. The Kier molecular flexibility index (Phi) is 5.53. The lowest BCUT2D eigenvalue weighted by molar-refractivity contribution is 0.0990. The molecule has 23 heavy (non-hydrogen) atoms. The molecular formula is C17H16N2O4. The molecule has 0 N–H and O–H groups in total. The van der Waals surface area contributed by atoms with E-state index in [0.717, 1.165) is 11.3 Å². The molecule has 0 saturated heterocycles. The molecule has 0 saturated carbocycles. The zero-order valence-electron chi connectivity index (χ0n) is 12.9.